The van der Waals surface area contributed by atoms with Crippen LogP contribution in [0.1, 0.15) is 47.5 Å². The Bertz CT molecular complexity index is 349. The van der Waals surface area contributed by atoms with Crippen molar-refractivity contribution < 1.29 is 19.0 Å². The van der Waals surface area contributed by atoms with Gasteiger partial charge in [0.1, 0.15) is 5.60 Å². The lowest BCUT2D eigenvalue weighted by molar-refractivity contribution is -0.0115. The lowest BCUT2D eigenvalue weighted by atomic mass is 10.1. The van der Waals surface area contributed by atoms with Crippen molar-refractivity contribution >= 4 is 6.09 Å². The van der Waals surface area contributed by atoms with E-state index in [-0.39, 0.29) is 18.3 Å². The zero-order valence-corrected chi connectivity index (χ0v) is 15.6. The maximum atomic E-state index is 12.0. The number of carbonyl (C=O) groups is 1. The first kappa shape index (κ1) is 20.2. The van der Waals surface area contributed by atoms with Crippen LogP contribution in [0.25, 0.3) is 0 Å². The molecule has 0 aromatic rings. The van der Waals surface area contributed by atoms with Crippen LogP contribution in [0, 0.1) is 0 Å². The van der Waals surface area contributed by atoms with E-state index in [0.717, 1.165) is 19.4 Å². The number of hydrogen-bond acceptors (Lipinski definition) is 5. The molecular weight excluding hydrogens is 296 g/mol. The van der Waals surface area contributed by atoms with Gasteiger partial charge in [0.25, 0.3) is 0 Å². The molecule has 23 heavy (non-hydrogen) atoms. The third-order valence-corrected chi connectivity index (χ3v) is 4.09. The van der Waals surface area contributed by atoms with Crippen molar-refractivity contribution in [2.45, 2.75) is 71.3 Å². The number of hydrogen-bond donors (Lipinski definition) is 1. The van der Waals surface area contributed by atoms with Gasteiger partial charge in [0, 0.05) is 32.8 Å². The molecule has 1 saturated heterocycles. The van der Waals surface area contributed by atoms with E-state index < -0.39 is 5.60 Å². The minimum Gasteiger partial charge on any atom is -0.444 e. The van der Waals surface area contributed by atoms with E-state index in [4.69, 9.17) is 14.2 Å². The Morgan fingerprint density at radius 2 is 1.87 bits per heavy atom. The van der Waals surface area contributed by atoms with Crippen LogP contribution in [0.2, 0.25) is 0 Å². The van der Waals surface area contributed by atoms with Crippen molar-refractivity contribution in [3.05, 3.63) is 0 Å². The normalized spacial score (nSPS) is 19.5. The van der Waals surface area contributed by atoms with Crippen molar-refractivity contribution in [2.24, 2.45) is 0 Å². The number of piperidine rings is 1. The van der Waals surface area contributed by atoms with E-state index in [0.29, 0.717) is 25.7 Å². The molecule has 136 valence electrons. The standard InChI is InChI=1S/C17H34N2O4/c1-13(14(2)21-6)18-9-12-22-15-7-10-19(11-8-15)16(20)23-17(3,4)5/h13-15,18H,7-12H2,1-6H3. The van der Waals surface area contributed by atoms with Crippen molar-refractivity contribution in [1.82, 2.24) is 10.2 Å². The highest BCUT2D eigenvalue weighted by molar-refractivity contribution is 5.68. The highest BCUT2D eigenvalue weighted by Gasteiger charge is 2.27. The van der Waals surface area contributed by atoms with Gasteiger partial charge in [0.05, 0.1) is 18.8 Å². The molecule has 0 aliphatic carbocycles. The molecule has 1 heterocycles. The lowest BCUT2D eigenvalue weighted by Crippen LogP contribution is -2.44. The lowest BCUT2D eigenvalue weighted by Gasteiger charge is -2.33. The molecule has 2 unspecified atom stereocenters. The number of methoxy groups -OCH3 is 1. The molecule has 0 aromatic heterocycles. The fraction of sp³-hybridized carbons (Fsp3) is 0.941. The predicted molar refractivity (Wildman–Crippen MR) is 90.7 cm³/mol. The number of likely N-dealkylation sites (tertiary alicyclic amines) is 1. The van der Waals surface area contributed by atoms with Crippen molar-refractivity contribution in [3.63, 3.8) is 0 Å². The monoisotopic (exact) mass is 330 g/mol. The maximum absolute atomic E-state index is 12.0. The summed E-state index contributed by atoms with van der Waals surface area (Å²) in [7, 11) is 1.72. The molecular formula is C17H34N2O4. The summed E-state index contributed by atoms with van der Waals surface area (Å²) in [6, 6.07) is 0.303. The molecule has 1 aliphatic rings. The van der Waals surface area contributed by atoms with Gasteiger partial charge < -0.3 is 24.4 Å². The summed E-state index contributed by atoms with van der Waals surface area (Å²) < 4.78 is 16.6. The van der Waals surface area contributed by atoms with Crippen LogP contribution in [-0.2, 0) is 14.2 Å². The van der Waals surface area contributed by atoms with Gasteiger partial charge in [-0.15, -0.1) is 0 Å². The Kier molecular flexibility index (Phi) is 8.29. The molecule has 1 aliphatic heterocycles. The first-order valence-electron chi connectivity index (χ1n) is 8.58. The molecule has 0 bridgehead atoms. The highest BCUT2D eigenvalue weighted by atomic mass is 16.6. The van der Waals surface area contributed by atoms with E-state index in [2.05, 4.69) is 12.2 Å². The fourth-order valence-corrected chi connectivity index (χ4v) is 2.41. The zero-order valence-electron chi connectivity index (χ0n) is 15.6. The molecule has 6 nitrogen and oxygen atoms in total. The second-order valence-corrected chi connectivity index (χ2v) is 7.22. The van der Waals surface area contributed by atoms with Crippen LogP contribution >= 0.6 is 0 Å². The van der Waals surface area contributed by atoms with Crippen molar-refractivity contribution in [3.8, 4) is 0 Å². The molecule has 1 rings (SSSR count). The molecule has 6 heteroatoms. The van der Waals surface area contributed by atoms with Gasteiger partial charge in [0.2, 0.25) is 0 Å². The van der Waals surface area contributed by atoms with Gasteiger partial charge >= 0.3 is 6.09 Å². The molecule has 0 aromatic carbocycles. The molecule has 1 fully saturated rings. The molecule has 0 saturated carbocycles. The van der Waals surface area contributed by atoms with E-state index in [9.17, 15) is 4.79 Å². The van der Waals surface area contributed by atoms with E-state index in [1.54, 1.807) is 12.0 Å². The summed E-state index contributed by atoms with van der Waals surface area (Å²) in [5, 5.41) is 3.39. The maximum Gasteiger partial charge on any atom is 0.410 e. The molecule has 0 radical (unpaired) electrons. The molecule has 2 atom stereocenters. The summed E-state index contributed by atoms with van der Waals surface area (Å²) in [4.78, 5) is 13.8. The minimum atomic E-state index is -0.438. The fourth-order valence-electron chi connectivity index (χ4n) is 2.41. The number of nitrogens with zero attached hydrogens (tertiary/aromatic N) is 1. The van der Waals surface area contributed by atoms with Crippen LogP contribution in [0.3, 0.4) is 0 Å². The van der Waals surface area contributed by atoms with Crippen LogP contribution in [-0.4, -0.2) is 68.2 Å². The number of amides is 1. The summed E-state index contributed by atoms with van der Waals surface area (Å²) in [5.74, 6) is 0. The second kappa shape index (κ2) is 9.45. The quantitative estimate of drug-likeness (QED) is 0.727. The third kappa shape index (κ3) is 7.99. The first-order valence-corrected chi connectivity index (χ1v) is 8.58. The first-order chi connectivity index (χ1) is 10.7. The SMILES string of the molecule is COC(C)C(C)NCCOC1CCN(C(=O)OC(C)(C)C)CC1. The smallest absolute Gasteiger partial charge is 0.410 e. The van der Waals surface area contributed by atoms with Crippen LogP contribution in [0.4, 0.5) is 4.79 Å². The number of nitrogens with one attached hydrogen (secondary N) is 1. The second-order valence-electron chi connectivity index (χ2n) is 7.22. The van der Waals surface area contributed by atoms with E-state index in [1.165, 1.54) is 0 Å². The van der Waals surface area contributed by atoms with Gasteiger partial charge in [-0.3, -0.25) is 0 Å². The highest BCUT2D eigenvalue weighted by Crippen LogP contribution is 2.17. The predicted octanol–water partition coefficient (Wildman–Crippen LogP) is 2.42. The molecule has 1 amide bonds. The minimum absolute atomic E-state index is 0.187. The van der Waals surface area contributed by atoms with Gasteiger partial charge in [-0.25, -0.2) is 4.79 Å². The van der Waals surface area contributed by atoms with Gasteiger partial charge in [-0.1, -0.05) is 0 Å². The van der Waals surface area contributed by atoms with Crippen LogP contribution < -0.4 is 5.32 Å². The Morgan fingerprint density at radius 3 is 2.39 bits per heavy atom. The van der Waals surface area contributed by atoms with Crippen LogP contribution in [0.15, 0.2) is 0 Å². The molecule has 1 N–H and O–H groups in total. The number of ether oxygens (including phenoxy) is 3. The Balaban J connectivity index is 2.16. The number of carbonyl (C=O) groups excluding carboxylic acids is 1. The van der Waals surface area contributed by atoms with Crippen molar-refractivity contribution in [2.75, 3.05) is 33.4 Å². The Labute approximate surface area is 140 Å². The van der Waals surface area contributed by atoms with Gasteiger partial charge in [-0.05, 0) is 47.5 Å². The molecule has 0 spiro atoms. The zero-order chi connectivity index (χ0) is 17.5. The summed E-state index contributed by atoms with van der Waals surface area (Å²) in [5.41, 5.74) is -0.438. The van der Waals surface area contributed by atoms with E-state index >= 15 is 0 Å². The average Bonchev–Trinajstić information content (AvgIpc) is 2.49. The Morgan fingerprint density at radius 1 is 1.26 bits per heavy atom. The summed E-state index contributed by atoms with van der Waals surface area (Å²) in [6.07, 6.45) is 1.92. The third-order valence-electron chi connectivity index (χ3n) is 4.09. The van der Waals surface area contributed by atoms with E-state index in [1.807, 2.05) is 27.7 Å². The summed E-state index contributed by atoms with van der Waals surface area (Å²) >= 11 is 0. The number of rotatable bonds is 7. The van der Waals surface area contributed by atoms with Crippen LogP contribution in [0.5, 0.6) is 0 Å². The average molecular weight is 330 g/mol. The Hall–Kier alpha value is -0.850. The van der Waals surface area contributed by atoms with Gasteiger partial charge in [-0.2, -0.15) is 0 Å². The van der Waals surface area contributed by atoms with Gasteiger partial charge in [0.15, 0.2) is 0 Å². The largest absolute Gasteiger partial charge is 0.444 e. The van der Waals surface area contributed by atoms with Crippen molar-refractivity contribution in [1.29, 1.82) is 0 Å². The summed E-state index contributed by atoms with van der Waals surface area (Å²) in [6.45, 7) is 12.7. The topological polar surface area (TPSA) is 60.0 Å².